The van der Waals surface area contributed by atoms with Crippen molar-refractivity contribution in [3.63, 3.8) is 0 Å². The van der Waals surface area contributed by atoms with E-state index in [2.05, 4.69) is 0 Å². The molecule has 1 N–H and O–H groups in total. The van der Waals surface area contributed by atoms with Gasteiger partial charge >= 0.3 is 0 Å². The molecule has 0 heterocycles. The van der Waals surface area contributed by atoms with Crippen LogP contribution in [0.2, 0.25) is 0 Å². The fourth-order valence-corrected chi connectivity index (χ4v) is 1.83. The van der Waals surface area contributed by atoms with Gasteiger partial charge in [-0.1, -0.05) is 42.5 Å². The van der Waals surface area contributed by atoms with E-state index in [-0.39, 0.29) is 5.82 Å². The normalized spacial score (nSPS) is 12.4. The van der Waals surface area contributed by atoms with Crippen molar-refractivity contribution < 1.29 is 9.50 Å². The van der Waals surface area contributed by atoms with Gasteiger partial charge in [-0.2, -0.15) is 0 Å². The Kier molecular flexibility index (Phi) is 3.02. The second-order valence-electron chi connectivity index (χ2n) is 3.74. The van der Waals surface area contributed by atoms with Gasteiger partial charge in [0.05, 0.1) is 6.10 Å². The Bertz CT molecular complexity index is 477. The fourth-order valence-electron chi connectivity index (χ4n) is 1.83. The molecule has 1 atom stereocenters. The van der Waals surface area contributed by atoms with Crippen molar-refractivity contribution in [1.82, 2.24) is 0 Å². The molecule has 2 aromatic rings. The van der Waals surface area contributed by atoms with Gasteiger partial charge in [0.15, 0.2) is 0 Å². The molecule has 0 spiro atoms. The Morgan fingerprint density at radius 3 is 2.31 bits per heavy atom. The van der Waals surface area contributed by atoms with E-state index in [0.717, 1.165) is 11.1 Å². The van der Waals surface area contributed by atoms with E-state index in [1.807, 2.05) is 36.4 Å². The molecule has 0 amide bonds. The van der Waals surface area contributed by atoms with Crippen LogP contribution in [0.1, 0.15) is 18.6 Å². The van der Waals surface area contributed by atoms with Gasteiger partial charge in [-0.05, 0) is 24.1 Å². The molecule has 2 heteroatoms. The van der Waals surface area contributed by atoms with Crippen LogP contribution in [0, 0.1) is 5.82 Å². The predicted molar refractivity (Wildman–Crippen MR) is 62.5 cm³/mol. The standard InChI is InChI=1S/C14H13FO/c1-10(16)14-12(8-5-9-13(14)15)11-6-3-2-4-7-11/h2-10,16H,1H3. The topological polar surface area (TPSA) is 20.2 Å². The van der Waals surface area contributed by atoms with Crippen LogP contribution in [-0.4, -0.2) is 5.11 Å². The third kappa shape index (κ3) is 1.97. The lowest BCUT2D eigenvalue weighted by Crippen LogP contribution is -1.99. The van der Waals surface area contributed by atoms with Crippen molar-refractivity contribution in [2.24, 2.45) is 0 Å². The largest absolute Gasteiger partial charge is 0.389 e. The first-order valence-corrected chi connectivity index (χ1v) is 5.22. The highest BCUT2D eigenvalue weighted by Gasteiger charge is 2.13. The lowest BCUT2D eigenvalue weighted by Gasteiger charge is -2.13. The number of halogens is 1. The number of benzene rings is 2. The third-order valence-electron chi connectivity index (χ3n) is 2.56. The van der Waals surface area contributed by atoms with Crippen molar-refractivity contribution in [3.05, 3.63) is 59.9 Å². The van der Waals surface area contributed by atoms with Crippen molar-refractivity contribution in [2.45, 2.75) is 13.0 Å². The van der Waals surface area contributed by atoms with Crippen LogP contribution in [0.5, 0.6) is 0 Å². The monoisotopic (exact) mass is 216 g/mol. The summed E-state index contributed by atoms with van der Waals surface area (Å²) in [6.45, 7) is 1.57. The summed E-state index contributed by atoms with van der Waals surface area (Å²) >= 11 is 0. The van der Waals surface area contributed by atoms with Crippen LogP contribution in [0.15, 0.2) is 48.5 Å². The van der Waals surface area contributed by atoms with Crippen molar-refractivity contribution in [1.29, 1.82) is 0 Å². The van der Waals surface area contributed by atoms with Gasteiger partial charge in [0.2, 0.25) is 0 Å². The zero-order valence-corrected chi connectivity index (χ0v) is 9.02. The minimum absolute atomic E-state index is 0.355. The molecule has 0 saturated carbocycles. The third-order valence-corrected chi connectivity index (χ3v) is 2.56. The molecule has 0 saturated heterocycles. The van der Waals surface area contributed by atoms with E-state index in [9.17, 15) is 9.50 Å². The molecule has 0 aliphatic carbocycles. The van der Waals surface area contributed by atoms with Gasteiger partial charge in [-0.25, -0.2) is 4.39 Å². The second-order valence-corrected chi connectivity index (χ2v) is 3.74. The molecule has 1 unspecified atom stereocenters. The first-order chi connectivity index (χ1) is 7.70. The molecule has 0 fully saturated rings. The Hall–Kier alpha value is -1.67. The van der Waals surface area contributed by atoms with Crippen LogP contribution in [0.25, 0.3) is 11.1 Å². The summed E-state index contributed by atoms with van der Waals surface area (Å²) in [7, 11) is 0. The molecule has 0 aliphatic rings. The maximum Gasteiger partial charge on any atom is 0.129 e. The summed E-state index contributed by atoms with van der Waals surface area (Å²) in [5.74, 6) is -0.364. The SMILES string of the molecule is CC(O)c1c(F)cccc1-c1ccccc1. The fraction of sp³-hybridized carbons (Fsp3) is 0.143. The molecule has 2 rings (SSSR count). The summed E-state index contributed by atoms with van der Waals surface area (Å²) in [6.07, 6.45) is -0.809. The van der Waals surface area contributed by atoms with Crippen molar-refractivity contribution >= 4 is 0 Å². The average Bonchev–Trinajstić information content (AvgIpc) is 2.29. The lowest BCUT2D eigenvalue weighted by molar-refractivity contribution is 0.195. The zero-order valence-electron chi connectivity index (χ0n) is 9.02. The Morgan fingerprint density at radius 1 is 1.00 bits per heavy atom. The number of aliphatic hydroxyl groups excluding tert-OH is 1. The van der Waals surface area contributed by atoms with Gasteiger partial charge in [0, 0.05) is 5.56 Å². The van der Waals surface area contributed by atoms with E-state index in [4.69, 9.17) is 0 Å². The molecular weight excluding hydrogens is 203 g/mol. The van der Waals surface area contributed by atoms with Crippen molar-refractivity contribution in [3.8, 4) is 11.1 Å². The molecule has 16 heavy (non-hydrogen) atoms. The molecule has 0 aromatic heterocycles. The Labute approximate surface area is 94.2 Å². The summed E-state index contributed by atoms with van der Waals surface area (Å²) < 4.78 is 13.6. The molecule has 0 bridgehead atoms. The highest BCUT2D eigenvalue weighted by molar-refractivity contribution is 5.67. The quantitative estimate of drug-likeness (QED) is 0.814. The molecule has 0 aliphatic heterocycles. The van der Waals surface area contributed by atoms with Crippen LogP contribution in [-0.2, 0) is 0 Å². The van der Waals surface area contributed by atoms with E-state index in [1.54, 1.807) is 13.0 Å². The van der Waals surface area contributed by atoms with Gasteiger partial charge in [-0.15, -0.1) is 0 Å². The van der Waals surface area contributed by atoms with Gasteiger partial charge in [-0.3, -0.25) is 0 Å². The molecular formula is C14H13FO. The molecule has 82 valence electrons. The van der Waals surface area contributed by atoms with E-state index < -0.39 is 6.10 Å². The first kappa shape index (κ1) is 10.8. The number of aliphatic hydroxyl groups is 1. The molecule has 1 nitrogen and oxygen atoms in total. The van der Waals surface area contributed by atoms with Crippen LogP contribution >= 0.6 is 0 Å². The van der Waals surface area contributed by atoms with E-state index in [1.165, 1.54) is 6.07 Å². The van der Waals surface area contributed by atoms with Crippen LogP contribution < -0.4 is 0 Å². The second kappa shape index (κ2) is 4.45. The summed E-state index contributed by atoms with van der Waals surface area (Å²) in [5, 5.41) is 9.61. The summed E-state index contributed by atoms with van der Waals surface area (Å²) in [6, 6.07) is 14.3. The smallest absolute Gasteiger partial charge is 0.129 e. The summed E-state index contributed by atoms with van der Waals surface area (Å²) in [5.41, 5.74) is 2.02. The Balaban J connectivity index is 2.61. The van der Waals surface area contributed by atoms with Gasteiger partial charge in [0.1, 0.15) is 5.82 Å². The maximum atomic E-state index is 13.6. The number of hydrogen-bond acceptors (Lipinski definition) is 1. The highest BCUT2D eigenvalue weighted by atomic mass is 19.1. The predicted octanol–water partition coefficient (Wildman–Crippen LogP) is 3.55. The number of hydrogen-bond donors (Lipinski definition) is 1. The molecule has 0 radical (unpaired) electrons. The average molecular weight is 216 g/mol. The molecule has 2 aromatic carbocycles. The maximum absolute atomic E-state index is 13.6. The number of rotatable bonds is 2. The minimum atomic E-state index is -0.809. The summed E-state index contributed by atoms with van der Waals surface area (Å²) in [4.78, 5) is 0. The van der Waals surface area contributed by atoms with E-state index in [0.29, 0.717) is 5.56 Å². The minimum Gasteiger partial charge on any atom is -0.389 e. The highest BCUT2D eigenvalue weighted by Crippen LogP contribution is 2.29. The lowest BCUT2D eigenvalue weighted by atomic mass is 9.96. The van der Waals surface area contributed by atoms with Crippen molar-refractivity contribution in [2.75, 3.05) is 0 Å². The van der Waals surface area contributed by atoms with Crippen LogP contribution in [0.4, 0.5) is 4.39 Å². The van der Waals surface area contributed by atoms with E-state index >= 15 is 0 Å². The van der Waals surface area contributed by atoms with Gasteiger partial charge < -0.3 is 5.11 Å². The first-order valence-electron chi connectivity index (χ1n) is 5.22. The van der Waals surface area contributed by atoms with Crippen LogP contribution in [0.3, 0.4) is 0 Å². The van der Waals surface area contributed by atoms with Gasteiger partial charge in [0.25, 0.3) is 0 Å². The zero-order chi connectivity index (χ0) is 11.5. The Morgan fingerprint density at radius 2 is 1.69 bits per heavy atom.